The van der Waals surface area contributed by atoms with Crippen LogP contribution in [0.1, 0.15) is 169 Å². The lowest BCUT2D eigenvalue weighted by atomic mass is 9.93. The third-order valence-corrected chi connectivity index (χ3v) is 23.9. The molecule has 2 aliphatic carbocycles. The number of rotatable bonds is 24. The van der Waals surface area contributed by atoms with Crippen molar-refractivity contribution < 1.29 is 57.8 Å². The van der Waals surface area contributed by atoms with Crippen LogP contribution in [0.2, 0.25) is 20.1 Å². The van der Waals surface area contributed by atoms with Gasteiger partial charge in [0.05, 0.1) is 109 Å². The van der Waals surface area contributed by atoms with E-state index in [4.69, 9.17) is 105 Å². The van der Waals surface area contributed by atoms with Crippen molar-refractivity contribution in [2.24, 2.45) is 0 Å². The lowest BCUT2D eigenvalue weighted by Gasteiger charge is -2.39. The number of fused-ring (bicyclic) bond motifs is 2. The van der Waals surface area contributed by atoms with E-state index in [0.29, 0.717) is 235 Å². The van der Waals surface area contributed by atoms with Crippen LogP contribution in [-0.2, 0) is 45.2 Å². The molecule has 10 aromatic rings. The molecule has 8 aromatic heterocycles. The zero-order valence-electron chi connectivity index (χ0n) is 71.2. The first-order chi connectivity index (χ1) is 58.4. The number of nitrogens with one attached hydrogen (secondary N) is 2. The van der Waals surface area contributed by atoms with E-state index in [-0.39, 0.29) is 49.2 Å². The Balaban J connectivity index is 0.000000210. The van der Waals surface area contributed by atoms with E-state index in [9.17, 15) is 29.4 Å². The first kappa shape index (κ1) is 89.7. The maximum Gasteiger partial charge on any atom is 0.410 e. The number of carbonyl (C=O) groups is 4. The van der Waals surface area contributed by atoms with E-state index in [1.54, 1.807) is 69.1 Å². The molecule has 32 heteroatoms. The van der Waals surface area contributed by atoms with Crippen LogP contribution in [0.25, 0.3) is 78.6 Å². The van der Waals surface area contributed by atoms with Gasteiger partial charge in [-0.25, -0.2) is 38.6 Å². The normalized spacial score (nSPS) is 17.4. The molecule has 2 saturated heterocycles. The first-order valence-electron chi connectivity index (χ1n) is 41.8. The molecule has 0 radical (unpaired) electrons. The number of likely N-dealkylation sites (tertiary alicyclic amines) is 2. The summed E-state index contributed by atoms with van der Waals surface area (Å²) >= 11 is 28.9. The Morgan fingerprint density at radius 3 is 1.19 bits per heavy atom. The second kappa shape index (κ2) is 39.6. The van der Waals surface area contributed by atoms with Crippen LogP contribution in [0.4, 0.5) is 9.59 Å². The van der Waals surface area contributed by atoms with E-state index < -0.39 is 23.4 Å². The van der Waals surface area contributed by atoms with E-state index in [0.717, 1.165) is 51.4 Å². The summed E-state index contributed by atoms with van der Waals surface area (Å²) in [4.78, 5) is 87.0. The van der Waals surface area contributed by atoms with Crippen molar-refractivity contribution in [1.82, 2.24) is 79.4 Å². The first-order valence-corrected chi connectivity index (χ1v) is 43.3. The molecule has 4 aliphatic rings. The van der Waals surface area contributed by atoms with Crippen molar-refractivity contribution >= 4 is 81.7 Å². The number of nitrogens with zero attached hydrogens (tertiary/aromatic N) is 14. The highest BCUT2D eigenvalue weighted by Crippen LogP contribution is 2.46. The number of methoxy groups -OCH3 is 2. The minimum atomic E-state index is -0.692. The van der Waals surface area contributed by atoms with Crippen molar-refractivity contribution in [2.45, 2.75) is 220 Å². The summed E-state index contributed by atoms with van der Waals surface area (Å²) < 4.78 is 38.8. The van der Waals surface area contributed by atoms with E-state index in [2.05, 4.69) is 20.6 Å². The molecule has 648 valence electrons. The maximum atomic E-state index is 13.6. The molecule has 4 amide bonds. The Labute approximate surface area is 731 Å². The number of piperidine rings is 2. The van der Waals surface area contributed by atoms with Crippen molar-refractivity contribution in [1.29, 1.82) is 0 Å². The lowest BCUT2D eigenvalue weighted by molar-refractivity contribution is -0.131. The fourth-order valence-electron chi connectivity index (χ4n) is 16.1. The van der Waals surface area contributed by atoms with Gasteiger partial charge in [0.25, 0.3) is 0 Å². The van der Waals surface area contributed by atoms with Gasteiger partial charge in [-0.1, -0.05) is 82.8 Å². The molecule has 122 heavy (non-hydrogen) atoms. The van der Waals surface area contributed by atoms with Crippen molar-refractivity contribution in [2.75, 3.05) is 53.6 Å². The Morgan fingerprint density at radius 2 is 0.844 bits per heavy atom. The molecule has 0 bridgehead atoms. The second-order valence-electron chi connectivity index (χ2n) is 33.2. The summed E-state index contributed by atoms with van der Waals surface area (Å²) in [6.07, 6.45) is 15.1. The molecule has 2 saturated carbocycles. The fourth-order valence-corrected chi connectivity index (χ4v) is 17.4. The van der Waals surface area contributed by atoms with Gasteiger partial charge in [0, 0.05) is 145 Å². The zero-order valence-corrected chi connectivity index (χ0v) is 74.2. The van der Waals surface area contributed by atoms with Crippen LogP contribution >= 0.6 is 46.4 Å². The average molecular weight is 1750 g/mol. The van der Waals surface area contributed by atoms with E-state index >= 15 is 0 Å². The number of carbonyl (C=O) groups excluding carboxylic acids is 4. The van der Waals surface area contributed by atoms with Crippen LogP contribution < -0.4 is 29.6 Å². The molecule has 28 nitrogen and oxygen atoms in total. The van der Waals surface area contributed by atoms with Gasteiger partial charge < -0.3 is 68.9 Å². The van der Waals surface area contributed by atoms with Crippen molar-refractivity contribution in [3.8, 4) is 90.5 Å². The van der Waals surface area contributed by atoms with Crippen LogP contribution in [0, 0.1) is 0 Å². The Bertz CT molecular complexity index is 5070. The number of halogens is 4. The highest BCUT2D eigenvalue weighted by atomic mass is 35.5. The highest BCUT2D eigenvalue weighted by Gasteiger charge is 2.36. The lowest BCUT2D eigenvalue weighted by Crippen LogP contribution is -2.49. The molecule has 14 rings (SSSR count). The molecule has 4 fully saturated rings. The van der Waals surface area contributed by atoms with Crippen LogP contribution in [0.15, 0.2) is 110 Å². The number of amides is 4. The third-order valence-electron chi connectivity index (χ3n) is 22.3. The monoisotopic (exact) mass is 1740 g/mol. The Morgan fingerprint density at radius 1 is 0.484 bits per heavy atom. The Kier molecular flexibility index (Phi) is 29.2. The SMILES string of the molecule is CCOc1cc(-c2nccc(-c3cccc(-c4ccc(CN(C(=O)OC(C)(C)C)C5CCN(C(C)=O)CC5)c(OC)n4)c3Cl)c2Cl)cn2nc(CNC3CCC(O)CC3)nc12.CCOc1cc(-c2nccc(-c3cccc(-c4ccc(CN(C(=O)OC(C)(C)C)C5CCN(C(C)=O)CC5)c(OC)n4)c3Cl)c2Cl)cn2nc(CNC3CCC(O)CC3)nc12. The number of aliphatic hydroxyl groups is 2. The number of ether oxygens (including phenoxy) is 6. The van der Waals surface area contributed by atoms with Gasteiger partial charge in [-0.3, -0.25) is 19.6 Å². The third kappa shape index (κ3) is 21.6. The summed E-state index contributed by atoms with van der Waals surface area (Å²) in [5.41, 5.74) is 8.77. The molecule has 0 spiro atoms. The molecule has 4 N–H and O–H groups in total. The molecule has 0 atom stereocenters. The van der Waals surface area contributed by atoms with Crippen molar-refractivity contribution in [3.05, 3.63) is 153 Å². The molecule has 10 heterocycles. The number of hydrogen-bond acceptors (Lipinski definition) is 22. The quantitative estimate of drug-likeness (QED) is 0.0437. The van der Waals surface area contributed by atoms with Gasteiger partial charge in [-0.2, -0.15) is 0 Å². The number of aliphatic hydroxyl groups excluding tert-OH is 2. The molecule has 0 unspecified atom stereocenters. The van der Waals surface area contributed by atoms with Crippen LogP contribution in [-0.4, -0.2) is 204 Å². The van der Waals surface area contributed by atoms with Crippen molar-refractivity contribution in [3.63, 3.8) is 0 Å². The predicted molar refractivity (Wildman–Crippen MR) is 470 cm³/mol. The topological polar surface area (TPSA) is 313 Å². The Hall–Kier alpha value is -10.0. The minimum Gasteiger partial charge on any atom is -0.490 e. The summed E-state index contributed by atoms with van der Waals surface area (Å²) in [5.74, 6) is 3.11. The summed E-state index contributed by atoms with van der Waals surface area (Å²) in [7, 11) is 3.09. The van der Waals surface area contributed by atoms with Gasteiger partial charge >= 0.3 is 12.2 Å². The molecular formula is C90H108Cl4N16O12. The summed E-state index contributed by atoms with van der Waals surface area (Å²) in [6, 6.07) is 26.6. The van der Waals surface area contributed by atoms with Gasteiger partial charge in [-0.15, -0.1) is 10.2 Å². The maximum absolute atomic E-state index is 13.6. The molecule has 2 aliphatic heterocycles. The van der Waals surface area contributed by atoms with Gasteiger partial charge in [0.2, 0.25) is 23.6 Å². The zero-order chi connectivity index (χ0) is 86.8. The second-order valence-corrected chi connectivity index (χ2v) is 34.7. The standard InChI is InChI=1S/2C45H54Cl2N8O6/c2*1-7-60-37-23-29(26-55-42(37)51-38(52-55)24-49-30-12-14-32(57)15-13-30)41-40(47)34(17-20-48-41)33-9-8-10-35(39(33)46)36-16-11-28(43(50-36)59-6)25-54(44(58)61-45(3,4)5)31-18-21-53(22-19-31)27(2)56/h2*8-11,16-17,20,23,26,30-32,49,57H,7,12-15,18-19,21-22,24-25H2,1-6H3. The van der Waals surface area contributed by atoms with E-state index in [1.807, 2.05) is 153 Å². The van der Waals surface area contributed by atoms with E-state index in [1.165, 1.54) is 0 Å². The van der Waals surface area contributed by atoms with Gasteiger partial charge in [-0.05, 0) is 181 Å². The smallest absolute Gasteiger partial charge is 0.410 e. The number of benzene rings is 2. The largest absolute Gasteiger partial charge is 0.490 e. The predicted octanol–water partition coefficient (Wildman–Crippen LogP) is 16.8. The summed E-state index contributed by atoms with van der Waals surface area (Å²) in [6.45, 7) is 22.5. The molecule has 2 aromatic carbocycles. The number of aromatic nitrogens is 10. The molecular weight excluding hydrogens is 1640 g/mol. The minimum absolute atomic E-state index is 0.0234. The van der Waals surface area contributed by atoms with Gasteiger partial charge in [0.15, 0.2) is 34.4 Å². The number of hydrogen-bond donors (Lipinski definition) is 4. The fraction of sp³-hybridized carbons (Fsp3) is 0.467. The summed E-state index contributed by atoms with van der Waals surface area (Å²) in [5, 5.41) is 38.1. The number of pyridine rings is 6. The van der Waals surface area contributed by atoms with Gasteiger partial charge in [0.1, 0.15) is 11.2 Å². The average Bonchev–Trinajstić information content (AvgIpc) is 1.36. The highest BCUT2D eigenvalue weighted by molar-refractivity contribution is 6.40. The van der Waals surface area contributed by atoms with Crippen LogP contribution in [0.3, 0.4) is 0 Å². The van der Waals surface area contributed by atoms with Crippen LogP contribution in [0.5, 0.6) is 23.3 Å².